The smallest absolute Gasteiger partial charge is 0.322 e. The Kier molecular flexibility index (Phi) is 4.54. The summed E-state index contributed by atoms with van der Waals surface area (Å²) in [6, 6.07) is 10.1. The van der Waals surface area contributed by atoms with Crippen molar-refractivity contribution in [3.05, 3.63) is 71.0 Å². The summed E-state index contributed by atoms with van der Waals surface area (Å²) in [6.07, 6.45) is -4.43. The molecule has 126 valence electrons. The lowest BCUT2D eigenvalue weighted by molar-refractivity contribution is -0.137. The first-order chi connectivity index (χ1) is 11.4. The average molecular weight is 355 g/mol. The Morgan fingerprint density at radius 2 is 1.67 bits per heavy atom. The molecule has 0 radical (unpaired) electrons. The number of amides is 1. The van der Waals surface area contributed by atoms with Crippen molar-refractivity contribution < 1.29 is 22.4 Å². The largest absolute Gasteiger partial charge is 0.416 e. The van der Waals surface area contributed by atoms with Gasteiger partial charge in [0.1, 0.15) is 11.2 Å². The first-order valence-electron chi connectivity index (χ1n) is 7.21. The predicted octanol–water partition coefficient (Wildman–Crippen LogP) is 4.73. The third-order valence-electron chi connectivity index (χ3n) is 3.77. The van der Waals surface area contributed by atoms with Gasteiger partial charge in [0.2, 0.25) is 0 Å². The van der Waals surface area contributed by atoms with E-state index in [4.69, 9.17) is 0 Å². The number of nitrogens with zero attached hydrogens (tertiary/aromatic N) is 1. The second-order valence-corrected chi connectivity index (χ2v) is 6.54. The maximum absolute atomic E-state index is 13.0. The fraction of sp³-hybridized carbons (Fsp3) is 0.235. The molecule has 1 atom stereocenters. The zero-order chi connectivity index (χ0) is 17.3. The molecule has 0 aliphatic carbocycles. The Balaban J connectivity index is 1.82. The molecule has 1 unspecified atom stereocenters. The summed E-state index contributed by atoms with van der Waals surface area (Å²) in [5.74, 6) is 0.0273. The van der Waals surface area contributed by atoms with Gasteiger partial charge in [-0.25, -0.2) is 4.39 Å². The zero-order valence-corrected chi connectivity index (χ0v) is 13.2. The van der Waals surface area contributed by atoms with Gasteiger partial charge in [0, 0.05) is 17.9 Å². The molecule has 2 aromatic rings. The highest BCUT2D eigenvalue weighted by atomic mass is 32.2. The molecule has 0 N–H and O–H groups in total. The molecule has 24 heavy (non-hydrogen) atoms. The first kappa shape index (κ1) is 16.8. The van der Waals surface area contributed by atoms with Crippen LogP contribution in [0.2, 0.25) is 0 Å². The minimum absolute atomic E-state index is 0.206. The van der Waals surface area contributed by atoms with Gasteiger partial charge < -0.3 is 4.90 Å². The number of alkyl halides is 3. The van der Waals surface area contributed by atoms with E-state index in [0.29, 0.717) is 12.3 Å². The van der Waals surface area contributed by atoms with Crippen LogP contribution in [0.15, 0.2) is 48.5 Å². The molecule has 1 amide bonds. The van der Waals surface area contributed by atoms with Crippen molar-refractivity contribution in [2.24, 2.45) is 0 Å². The Hall–Kier alpha value is -2.02. The van der Waals surface area contributed by atoms with Crippen molar-refractivity contribution in [2.75, 3.05) is 12.3 Å². The molecule has 0 aromatic heterocycles. The SMILES string of the molecule is O=C(c1ccc(C(F)(F)F)cc1)N1CCSC1c1ccc(F)cc1. The van der Waals surface area contributed by atoms with Crippen LogP contribution in [0.5, 0.6) is 0 Å². The molecule has 2 aromatic carbocycles. The highest BCUT2D eigenvalue weighted by molar-refractivity contribution is 7.99. The number of carbonyl (C=O) groups excluding carboxylic acids is 1. The maximum Gasteiger partial charge on any atom is 0.416 e. The third kappa shape index (κ3) is 3.40. The van der Waals surface area contributed by atoms with E-state index < -0.39 is 11.7 Å². The quantitative estimate of drug-likeness (QED) is 0.726. The average Bonchev–Trinajstić information content (AvgIpc) is 3.04. The molecule has 2 nitrogen and oxygen atoms in total. The Labute approximate surface area is 140 Å². The van der Waals surface area contributed by atoms with Gasteiger partial charge in [-0.3, -0.25) is 4.79 Å². The summed E-state index contributed by atoms with van der Waals surface area (Å²) < 4.78 is 50.9. The zero-order valence-electron chi connectivity index (χ0n) is 12.4. The second kappa shape index (κ2) is 6.47. The fourth-order valence-electron chi connectivity index (χ4n) is 2.55. The molecular weight excluding hydrogens is 342 g/mol. The molecule has 1 fully saturated rings. The van der Waals surface area contributed by atoms with E-state index in [9.17, 15) is 22.4 Å². The van der Waals surface area contributed by atoms with Crippen molar-refractivity contribution in [3.63, 3.8) is 0 Å². The maximum atomic E-state index is 13.0. The number of thioether (sulfide) groups is 1. The lowest BCUT2D eigenvalue weighted by atomic mass is 10.1. The molecule has 0 spiro atoms. The fourth-order valence-corrected chi connectivity index (χ4v) is 3.81. The van der Waals surface area contributed by atoms with Crippen LogP contribution in [0.3, 0.4) is 0 Å². The van der Waals surface area contributed by atoms with E-state index in [1.165, 1.54) is 24.3 Å². The van der Waals surface area contributed by atoms with Crippen LogP contribution in [0.25, 0.3) is 0 Å². The molecular formula is C17H13F4NOS. The van der Waals surface area contributed by atoms with E-state index in [2.05, 4.69) is 0 Å². The van der Waals surface area contributed by atoms with Gasteiger partial charge in [-0.05, 0) is 42.0 Å². The molecule has 0 bridgehead atoms. The third-order valence-corrected chi connectivity index (χ3v) is 5.03. The molecule has 7 heteroatoms. The van der Waals surface area contributed by atoms with Crippen molar-refractivity contribution >= 4 is 17.7 Å². The van der Waals surface area contributed by atoms with Crippen molar-refractivity contribution in [1.29, 1.82) is 0 Å². The van der Waals surface area contributed by atoms with Gasteiger partial charge >= 0.3 is 6.18 Å². The normalized spacial score (nSPS) is 18.0. The molecule has 0 saturated carbocycles. The van der Waals surface area contributed by atoms with Gasteiger partial charge in [0.05, 0.1) is 5.56 Å². The Morgan fingerprint density at radius 3 is 2.25 bits per heavy atom. The summed E-state index contributed by atoms with van der Waals surface area (Å²) in [5, 5.41) is -0.264. The highest BCUT2D eigenvalue weighted by Crippen LogP contribution is 2.39. The lowest BCUT2D eigenvalue weighted by Crippen LogP contribution is -2.30. The highest BCUT2D eigenvalue weighted by Gasteiger charge is 2.33. The van der Waals surface area contributed by atoms with Crippen LogP contribution in [0, 0.1) is 5.82 Å². The molecule has 1 saturated heterocycles. The minimum atomic E-state index is -4.43. The van der Waals surface area contributed by atoms with Crippen molar-refractivity contribution in [3.8, 4) is 0 Å². The first-order valence-corrected chi connectivity index (χ1v) is 8.26. The number of benzene rings is 2. The molecule has 1 heterocycles. The summed E-state index contributed by atoms with van der Waals surface area (Å²) in [4.78, 5) is 14.2. The van der Waals surface area contributed by atoms with Crippen molar-refractivity contribution in [1.82, 2.24) is 4.90 Å². The Bertz CT molecular complexity index is 728. The van der Waals surface area contributed by atoms with Crippen LogP contribution in [-0.4, -0.2) is 23.1 Å². The van der Waals surface area contributed by atoms with E-state index in [1.807, 2.05) is 0 Å². The summed E-state index contributed by atoms with van der Waals surface area (Å²) >= 11 is 1.54. The number of hydrogen-bond donors (Lipinski definition) is 0. The Morgan fingerprint density at radius 1 is 1.04 bits per heavy atom. The number of halogens is 4. The van der Waals surface area contributed by atoms with Crippen LogP contribution < -0.4 is 0 Å². The summed E-state index contributed by atoms with van der Waals surface area (Å²) in [6.45, 7) is 0.493. The topological polar surface area (TPSA) is 20.3 Å². The van der Waals surface area contributed by atoms with E-state index in [1.54, 1.807) is 28.8 Å². The molecule has 1 aliphatic heterocycles. The van der Waals surface area contributed by atoms with Gasteiger partial charge in [-0.15, -0.1) is 11.8 Å². The standard InChI is InChI=1S/C17H13F4NOS/c18-14-7-3-12(4-8-14)16-22(9-10-24-16)15(23)11-1-5-13(6-2-11)17(19,20)21/h1-8,16H,9-10H2. The van der Waals surface area contributed by atoms with Crippen LogP contribution >= 0.6 is 11.8 Å². The van der Waals surface area contributed by atoms with Gasteiger partial charge in [0.15, 0.2) is 0 Å². The van der Waals surface area contributed by atoms with Crippen LogP contribution in [-0.2, 0) is 6.18 Å². The van der Waals surface area contributed by atoms with Crippen LogP contribution in [0.4, 0.5) is 17.6 Å². The molecule has 1 aliphatic rings. The van der Waals surface area contributed by atoms with Gasteiger partial charge in [0.25, 0.3) is 5.91 Å². The number of rotatable bonds is 2. The van der Waals surface area contributed by atoms with E-state index in [-0.39, 0.29) is 22.7 Å². The monoisotopic (exact) mass is 355 g/mol. The predicted molar refractivity (Wildman–Crippen MR) is 84.1 cm³/mol. The minimum Gasteiger partial charge on any atom is -0.322 e. The summed E-state index contributed by atoms with van der Waals surface area (Å²) in [5.41, 5.74) is 0.210. The van der Waals surface area contributed by atoms with E-state index >= 15 is 0 Å². The lowest BCUT2D eigenvalue weighted by Gasteiger charge is -2.24. The molecule has 3 rings (SSSR count). The van der Waals surface area contributed by atoms with Gasteiger partial charge in [-0.2, -0.15) is 13.2 Å². The van der Waals surface area contributed by atoms with Crippen LogP contribution in [0.1, 0.15) is 26.9 Å². The number of carbonyl (C=O) groups is 1. The van der Waals surface area contributed by atoms with E-state index in [0.717, 1.165) is 17.7 Å². The summed E-state index contributed by atoms with van der Waals surface area (Å²) in [7, 11) is 0. The van der Waals surface area contributed by atoms with Gasteiger partial charge in [-0.1, -0.05) is 12.1 Å². The van der Waals surface area contributed by atoms with Crippen molar-refractivity contribution in [2.45, 2.75) is 11.6 Å². The second-order valence-electron chi connectivity index (χ2n) is 5.35. The number of hydrogen-bond acceptors (Lipinski definition) is 2.